The SMILES string of the molecule is COc1ccc(CC(CCCC(C)C)NC(=O)OC(C)(C)C)cc1OCCc1ccccc1. The number of rotatable bonds is 12. The standard InChI is InChI=1S/C28H41NO4/c1-21(2)11-10-14-24(29-27(30)33-28(3,4)5)19-23-15-16-25(31-6)26(20-23)32-18-17-22-12-8-7-9-13-22/h7-9,12-13,15-16,20-21,24H,10-11,14,17-19H2,1-6H3,(H,29,30). The zero-order valence-corrected chi connectivity index (χ0v) is 21.1. The number of alkyl carbamates (subject to hydrolysis) is 1. The van der Waals surface area contributed by atoms with Gasteiger partial charge in [-0.3, -0.25) is 0 Å². The highest BCUT2D eigenvalue weighted by molar-refractivity contribution is 5.68. The third-order valence-corrected chi connectivity index (χ3v) is 5.26. The molecule has 2 aromatic carbocycles. The molecule has 1 atom stereocenters. The average Bonchev–Trinajstić information content (AvgIpc) is 2.73. The van der Waals surface area contributed by atoms with Gasteiger partial charge in [0.15, 0.2) is 11.5 Å². The lowest BCUT2D eigenvalue weighted by atomic mass is 9.98. The van der Waals surface area contributed by atoms with Crippen LogP contribution in [0.25, 0.3) is 0 Å². The maximum atomic E-state index is 12.4. The van der Waals surface area contributed by atoms with Gasteiger partial charge in [0.05, 0.1) is 13.7 Å². The fourth-order valence-corrected chi connectivity index (χ4v) is 3.64. The summed E-state index contributed by atoms with van der Waals surface area (Å²) in [6.07, 6.45) is 4.23. The molecule has 0 aromatic heterocycles. The van der Waals surface area contributed by atoms with Gasteiger partial charge in [-0.2, -0.15) is 0 Å². The predicted molar refractivity (Wildman–Crippen MR) is 134 cm³/mol. The molecule has 182 valence electrons. The summed E-state index contributed by atoms with van der Waals surface area (Å²) in [4.78, 5) is 12.4. The van der Waals surface area contributed by atoms with E-state index >= 15 is 0 Å². The van der Waals surface area contributed by atoms with Crippen molar-refractivity contribution < 1.29 is 19.0 Å². The second kappa shape index (κ2) is 13.1. The molecule has 0 radical (unpaired) electrons. The minimum Gasteiger partial charge on any atom is -0.493 e. The number of carbonyl (C=O) groups excluding carboxylic acids is 1. The Kier molecular flexibility index (Phi) is 10.6. The Labute approximate surface area is 199 Å². The van der Waals surface area contributed by atoms with Crippen molar-refractivity contribution in [1.82, 2.24) is 5.32 Å². The van der Waals surface area contributed by atoms with E-state index in [-0.39, 0.29) is 12.1 Å². The fraction of sp³-hybridized carbons (Fsp3) is 0.536. The van der Waals surface area contributed by atoms with E-state index in [0.717, 1.165) is 37.0 Å². The van der Waals surface area contributed by atoms with Crippen molar-refractivity contribution in [1.29, 1.82) is 0 Å². The highest BCUT2D eigenvalue weighted by atomic mass is 16.6. The van der Waals surface area contributed by atoms with Gasteiger partial charge in [0.25, 0.3) is 0 Å². The first-order valence-corrected chi connectivity index (χ1v) is 12.0. The van der Waals surface area contributed by atoms with Crippen LogP contribution in [-0.2, 0) is 17.6 Å². The lowest BCUT2D eigenvalue weighted by Gasteiger charge is -2.24. The van der Waals surface area contributed by atoms with Gasteiger partial charge in [-0.15, -0.1) is 0 Å². The number of hydrogen-bond acceptors (Lipinski definition) is 4. The zero-order chi connectivity index (χ0) is 24.3. The van der Waals surface area contributed by atoms with Gasteiger partial charge in [-0.05, 0) is 62.8 Å². The zero-order valence-electron chi connectivity index (χ0n) is 21.1. The molecule has 33 heavy (non-hydrogen) atoms. The molecule has 0 aliphatic rings. The van der Waals surface area contributed by atoms with E-state index in [1.807, 2.05) is 57.2 Å². The molecule has 1 unspecified atom stereocenters. The molecule has 0 aliphatic carbocycles. The van der Waals surface area contributed by atoms with Crippen LogP contribution in [0, 0.1) is 5.92 Å². The number of amides is 1. The van der Waals surface area contributed by atoms with Gasteiger partial charge < -0.3 is 19.5 Å². The number of nitrogens with one attached hydrogen (secondary N) is 1. The molecule has 0 heterocycles. The molecule has 0 spiro atoms. The summed E-state index contributed by atoms with van der Waals surface area (Å²) in [6, 6.07) is 16.3. The molecular formula is C28H41NO4. The Morgan fingerprint density at radius 3 is 2.33 bits per heavy atom. The largest absolute Gasteiger partial charge is 0.493 e. The number of methoxy groups -OCH3 is 1. The van der Waals surface area contributed by atoms with Crippen molar-refractivity contribution in [3.8, 4) is 11.5 Å². The number of benzene rings is 2. The summed E-state index contributed by atoms with van der Waals surface area (Å²) in [6.45, 7) is 10.6. The molecule has 0 saturated heterocycles. The van der Waals surface area contributed by atoms with Crippen LogP contribution in [-0.4, -0.2) is 31.5 Å². The Morgan fingerprint density at radius 1 is 0.970 bits per heavy atom. The predicted octanol–water partition coefficient (Wildman–Crippen LogP) is 6.58. The van der Waals surface area contributed by atoms with Crippen molar-refractivity contribution in [3.63, 3.8) is 0 Å². The van der Waals surface area contributed by atoms with Crippen LogP contribution in [0.3, 0.4) is 0 Å². The van der Waals surface area contributed by atoms with Gasteiger partial charge in [-0.25, -0.2) is 4.79 Å². The molecule has 0 saturated carbocycles. The molecule has 1 N–H and O–H groups in total. The molecule has 2 rings (SSSR count). The third kappa shape index (κ3) is 10.6. The van der Waals surface area contributed by atoms with Gasteiger partial charge in [-0.1, -0.05) is 63.1 Å². The summed E-state index contributed by atoms with van der Waals surface area (Å²) in [5.41, 5.74) is 1.81. The van der Waals surface area contributed by atoms with Crippen LogP contribution in [0.15, 0.2) is 48.5 Å². The summed E-state index contributed by atoms with van der Waals surface area (Å²) >= 11 is 0. The quantitative estimate of drug-likeness (QED) is 0.393. The Hall–Kier alpha value is -2.69. The minimum absolute atomic E-state index is 0.0100. The molecule has 0 aliphatic heterocycles. The fourth-order valence-electron chi connectivity index (χ4n) is 3.64. The average molecular weight is 456 g/mol. The molecule has 1 amide bonds. The topological polar surface area (TPSA) is 56.8 Å². The monoisotopic (exact) mass is 455 g/mol. The normalized spacial score (nSPS) is 12.3. The Bertz CT molecular complexity index is 843. The van der Waals surface area contributed by atoms with Crippen molar-refractivity contribution >= 4 is 6.09 Å². The third-order valence-electron chi connectivity index (χ3n) is 5.26. The van der Waals surface area contributed by atoms with Crippen LogP contribution >= 0.6 is 0 Å². The number of hydrogen-bond donors (Lipinski definition) is 1. The van der Waals surface area contributed by atoms with E-state index in [0.29, 0.717) is 24.7 Å². The molecule has 2 aromatic rings. The molecule has 0 bridgehead atoms. The van der Waals surface area contributed by atoms with Gasteiger partial charge >= 0.3 is 6.09 Å². The van der Waals surface area contributed by atoms with Crippen LogP contribution in [0.1, 0.15) is 65.0 Å². The van der Waals surface area contributed by atoms with Crippen molar-refractivity contribution in [3.05, 3.63) is 59.7 Å². The number of carbonyl (C=O) groups is 1. The van der Waals surface area contributed by atoms with Gasteiger partial charge in [0, 0.05) is 12.5 Å². The first-order valence-electron chi connectivity index (χ1n) is 12.0. The van der Waals surface area contributed by atoms with Gasteiger partial charge in [0.2, 0.25) is 0 Å². The Morgan fingerprint density at radius 2 is 1.70 bits per heavy atom. The highest BCUT2D eigenvalue weighted by Gasteiger charge is 2.20. The highest BCUT2D eigenvalue weighted by Crippen LogP contribution is 2.29. The lowest BCUT2D eigenvalue weighted by Crippen LogP contribution is -2.40. The first kappa shape index (κ1) is 26.6. The molecule has 5 nitrogen and oxygen atoms in total. The molecule has 0 fully saturated rings. The van der Waals surface area contributed by atoms with Crippen molar-refractivity contribution in [2.24, 2.45) is 5.92 Å². The van der Waals surface area contributed by atoms with E-state index in [1.165, 1.54) is 5.56 Å². The van der Waals surface area contributed by atoms with Gasteiger partial charge in [0.1, 0.15) is 5.60 Å². The van der Waals surface area contributed by atoms with E-state index in [4.69, 9.17) is 14.2 Å². The van der Waals surface area contributed by atoms with E-state index in [9.17, 15) is 4.79 Å². The minimum atomic E-state index is -0.521. The second-order valence-corrected chi connectivity index (χ2v) is 9.94. The maximum absolute atomic E-state index is 12.4. The molecule has 5 heteroatoms. The number of ether oxygens (including phenoxy) is 3. The summed E-state index contributed by atoms with van der Waals surface area (Å²) in [5, 5.41) is 3.08. The van der Waals surface area contributed by atoms with Crippen LogP contribution in [0.4, 0.5) is 4.79 Å². The van der Waals surface area contributed by atoms with E-state index in [2.05, 4.69) is 31.3 Å². The second-order valence-electron chi connectivity index (χ2n) is 9.94. The van der Waals surface area contributed by atoms with Crippen molar-refractivity contribution in [2.45, 2.75) is 78.4 Å². The molecular weight excluding hydrogens is 414 g/mol. The van der Waals surface area contributed by atoms with Crippen molar-refractivity contribution in [2.75, 3.05) is 13.7 Å². The summed E-state index contributed by atoms with van der Waals surface area (Å²) in [7, 11) is 1.65. The summed E-state index contributed by atoms with van der Waals surface area (Å²) in [5.74, 6) is 2.07. The maximum Gasteiger partial charge on any atom is 0.407 e. The van der Waals surface area contributed by atoms with E-state index < -0.39 is 5.60 Å². The Balaban J connectivity index is 2.06. The smallest absolute Gasteiger partial charge is 0.407 e. The van der Waals surface area contributed by atoms with Crippen LogP contribution < -0.4 is 14.8 Å². The van der Waals surface area contributed by atoms with Crippen LogP contribution in [0.2, 0.25) is 0 Å². The van der Waals surface area contributed by atoms with Crippen LogP contribution in [0.5, 0.6) is 11.5 Å². The first-order chi connectivity index (χ1) is 15.7. The van der Waals surface area contributed by atoms with E-state index in [1.54, 1.807) is 7.11 Å². The lowest BCUT2D eigenvalue weighted by molar-refractivity contribution is 0.0501. The summed E-state index contributed by atoms with van der Waals surface area (Å²) < 4.78 is 17.1.